The molecule has 0 bridgehead atoms. The minimum absolute atomic E-state index is 0.0287. The number of aromatic nitrogens is 2. The van der Waals surface area contributed by atoms with Gasteiger partial charge in [-0.25, -0.2) is 0 Å². The molecule has 0 radical (unpaired) electrons. The zero-order chi connectivity index (χ0) is 21.1. The van der Waals surface area contributed by atoms with Crippen LogP contribution in [0.4, 0.5) is 0 Å². The standard InChI is InChI=1S/C23H30N4O3/c1-16-7-9-18(10-8-16)14-27-15-19(13-20(27)28)21(29)25-23(11-5-3-4-6-12-23)22-24-17(2)30-26-22/h7-10,19H,3-6,11-15H2,1-2H3,(H,25,29). The summed E-state index contributed by atoms with van der Waals surface area (Å²) >= 11 is 0. The van der Waals surface area contributed by atoms with Crippen LogP contribution in [0, 0.1) is 19.8 Å². The van der Waals surface area contributed by atoms with Gasteiger partial charge in [-0.1, -0.05) is 60.7 Å². The molecule has 2 aromatic rings. The molecule has 1 aromatic heterocycles. The number of nitrogens with zero attached hydrogens (tertiary/aromatic N) is 3. The number of hydrogen-bond acceptors (Lipinski definition) is 5. The fourth-order valence-corrected chi connectivity index (χ4v) is 4.58. The topological polar surface area (TPSA) is 88.3 Å². The van der Waals surface area contributed by atoms with Crippen molar-refractivity contribution in [2.45, 2.75) is 70.9 Å². The fourth-order valence-electron chi connectivity index (χ4n) is 4.58. The monoisotopic (exact) mass is 410 g/mol. The van der Waals surface area contributed by atoms with Crippen LogP contribution in [0.3, 0.4) is 0 Å². The molecule has 1 saturated carbocycles. The van der Waals surface area contributed by atoms with Gasteiger partial charge in [-0.05, 0) is 25.3 Å². The highest BCUT2D eigenvalue weighted by Gasteiger charge is 2.42. The quantitative estimate of drug-likeness (QED) is 0.763. The maximum absolute atomic E-state index is 13.2. The highest BCUT2D eigenvalue weighted by molar-refractivity contribution is 5.89. The number of aryl methyl sites for hydroxylation is 2. The summed E-state index contributed by atoms with van der Waals surface area (Å²) in [4.78, 5) is 32.0. The Morgan fingerprint density at radius 2 is 1.87 bits per heavy atom. The van der Waals surface area contributed by atoms with E-state index in [0.717, 1.165) is 44.1 Å². The number of likely N-dealkylation sites (tertiary alicyclic amines) is 1. The Hall–Kier alpha value is -2.70. The lowest BCUT2D eigenvalue weighted by atomic mass is 9.88. The predicted molar refractivity (Wildman–Crippen MR) is 111 cm³/mol. The maximum Gasteiger partial charge on any atom is 0.226 e. The van der Waals surface area contributed by atoms with E-state index in [-0.39, 0.29) is 24.2 Å². The molecule has 1 aliphatic heterocycles. The van der Waals surface area contributed by atoms with E-state index in [9.17, 15) is 9.59 Å². The fraction of sp³-hybridized carbons (Fsp3) is 0.565. The van der Waals surface area contributed by atoms with Crippen molar-refractivity contribution in [3.8, 4) is 0 Å². The molecule has 30 heavy (non-hydrogen) atoms. The number of hydrogen-bond donors (Lipinski definition) is 1. The molecular weight excluding hydrogens is 380 g/mol. The number of amides is 2. The van der Waals surface area contributed by atoms with E-state index in [1.54, 1.807) is 11.8 Å². The molecule has 4 rings (SSSR count). The maximum atomic E-state index is 13.2. The molecule has 2 fully saturated rings. The summed E-state index contributed by atoms with van der Waals surface area (Å²) in [5.41, 5.74) is 1.67. The third-order valence-electron chi connectivity index (χ3n) is 6.35. The average molecular weight is 411 g/mol. The Balaban J connectivity index is 1.46. The molecule has 1 atom stereocenters. The third kappa shape index (κ3) is 4.40. The van der Waals surface area contributed by atoms with E-state index in [4.69, 9.17) is 4.52 Å². The molecule has 1 aromatic carbocycles. The highest BCUT2D eigenvalue weighted by atomic mass is 16.5. The number of benzene rings is 1. The summed E-state index contributed by atoms with van der Waals surface area (Å²) in [7, 11) is 0. The summed E-state index contributed by atoms with van der Waals surface area (Å²) in [5.74, 6) is 0.663. The first-order valence-electron chi connectivity index (χ1n) is 10.9. The summed E-state index contributed by atoms with van der Waals surface area (Å²) in [5, 5.41) is 7.40. The first kappa shape index (κ1) is 20.6. The van der Waals surface area contributed by atoms with Crippen LogP contribution in [0.5, 0.6) is 0 Å². The van der Waals surface area contributed by atoms with Crippen LogP contribution in [0.15, 0.2) is 28.8 Å². The minimum Gasteiger partial charge on any atom is -0.343 e. The van der Waals surface area contributed by atoms with Crippen molar-refractivity contribution in [3.63, 3.8) is 0 Å². The zero-order valence-electron chi connectivity index (χ0n) is 17.8. The molecule has 1 N–H and O–H groups in total. The van der Waals surface area contributed by atoms with E-state index in [0.29, 0.717) is 24.8 Å². The lowest BCUT2D eigenvalue weighted by Gasteiger charge is -2.31. The molecule has 0 spiro atoms. The normalized spacial score (nSPS) is 21.5. The average Bonchev–Trinajstić information content (AvgIpc) is 3.24. The van der Waals surface area contributed by atoms with Crippen molar-refractivity contribution in [3.05, 3.63) is 47.1 Å². The van der Waals surface area contributed by atoms with E-state index in [1.165, 1.54) is 5.56 Å². The molecule has 160 valence electrons. The van der Waals surface area contributed by atoms with Crippen molar-refractivity contribution in [1.82, 2.24) is 20.4 Å². The first-order chi connectivity index (χ1) is 14.4. The molecule has 1 saturated heterocycles. The van der Waals surface area contributed by atoms with Gasteiger partial charge in [-0.2, -0.15) is 4.98 Å². The van der Waals surface area contributed by atoms with Crippen molar-refractivity contribution in [2.24, 2.45) is 5.92 Å². The zero-order valence-corrected chi connectivity index (χ0v) is 17.8. The lowest BCUT2D eigenvalue weighted by molar-refractivity contribution is -0.130. The lowest BCUT2D eigenvalue weighted by Crippen LogP contribution is -2.49. The molecule has 7 nitrogen and oxygen atoms in total. The summed E-state index contributed by atoms with van der Waals surface area (Å²) < 4.78 is 5.22. The molecule has 1 unspecified atom stereocenters. The van der Waals surface area contributed by atoms with Gasteiger partial charge >= 0.3 is 0 Å². The summed E-state index contributed by atoms with van der Waals surface area (Å²) in [6, 6.07) is 8.16. The molecule has 7 heteroatoms. The molecule has 2 heterocycles. The summed E-state index contributed by atoms with van der Waals surface area (Å²) in [6.45, 7) is 4.79. The smallest absolute Gasteiger partial charge is 0.226 e. The Morgan fingerprint density at radius 1 is 1.17 bits per heavy atom. The number of rotatable bonds is 5. The van der Waals surface area contributed by atoms with Gasteiger partial charge in [-0.15, -0.1) is 0 Å². The minimum atomic E-state index is -0.598. The van der Waals surface area contributed by atoms with Crippen LogP contribution in [0.25, 0.3) is 0 Å². The largest absolute Gasteiger partial charge is 0.343 e. The van der Waals surface area contributed by atoms with Gasteiger partial charge in [0.2, 0.25) is 17.7 Å². The second-order valence-corrected chi connectivity index (χ2v) is 8.78. The van der Waals surface area contributed by atoms with Crippen molar-refractivity contribution >= 4 is 11.8 Å². The number of carbonyl (C=O) groups excluding carboxylic acids is 2. The first-order valence-corrected chi connectivity index (χ1v) is 10.9. The molecule has 2 aliphatic rings. The van der Waals surface area contributed by atoms with Gasteiger partial charge in [-0.3, -0.25) is 9.59 Å². The highest BCUT2D eigenvalue weighted by Crippen LogP contribution is 2.35. The van der Waals surface area contributed by atoms with Crippen LogP contribution in [-0.4, -0.2) is 33.4 Å². The Bertz CT molecular complexity index is 897. The Kier molecular flexibility index (Phi) is 5.88. The van der Waals surface area contributed by atoms with E-state index < -0.39 is 5.54 Å². The van der Waals surface area contributed by atoms with Gasteiger partial charge in [0.05, 0.1) is 5.92 Å². The van der Waals surface area contributed by atoms with Gasteiger partial charge < -0.3 is 14.7 Å². The van der Waals surface area contributed by atoms with E-state index >= 15 is 0 Å². The van der Waals surface area contributed by atoms with E-state index in [1.807, 2.05) is 31.2 Å². The SMILES string of the molecule is Cc1ccc(CN2CC(C(=O)NC3(c4noc(C)n4)CCCCCC3)CC2=O)cc1. The van der Waals surface area contributed by atoms with Crippen LogP contribution >= 0.6 is 0 Å². The second-order valence-electron chi connectivity index (χ2n) is 8.78. The molecular formula is C23H30N4O3. The van der Waals surface area contributed by atoms with Crippen molar-refractivity contribution < 1.29 is 14.1 Å². The number of carbonyl (C=O) groups is 2. The van der Waals surface area contributed by atoms with E-state index in [2.05, 4.69) is 15.5 Å². The van der Waals surface area contributed by atoms with Crippen LogP contribution in [0.2, 0.25) is 0 Å². The Labute approximate surface area is 177 Å². The molecule has 2 amide bonds. The molecule has 1 aliphatic carbocycles. The Morgan fingerprint density at radius 3 is 2.50 bits per heavy atom. The second kappa shape index (κ2) is 8.58. The van der Waals surface area contributed by atoms with Crippen LogP contribution in [0.1, 0.15) is 67.8 Å². The third-order valence-corrected chi connectivity index (χ3v) is 6.35. The van der Waals surface area contributed by atoms with Crippen molar-refractivity contribution in [2.75, 3.05) is 6.54 Å². The predicted octanol–water partition coefficient (Wildman–Crippen LogP) is 3.40. The number of nitrogens with one attached hydrogen (secondary N) is 1. The van der Waals surface area contributed by atoms with Gasteiger partial charge in [0.15, 0.2) is 5.82 Å². The van der Waals surface area contributed by atoms with Crippen LogP contribution in [-0.2, 0) is 21.7 Å². The van der Waals surface area contributed by atoms with Gasteiger partial charge in [0.1, 0.15) is 5.54 Å². The summed E-state index contributed by atoms with van der Waals surface area (Å²) in [6.07, 6.45) is 6.14. The van der Waals surface area contributed by atoms with Crippen molar-refractivity contribution in [1.29, 1.82) is 0 Å². The van der Waals surface area contributed by atoms with Crippen LogP contribution < -0.4 is 5.32 Å². The van der Waals surface area contributed by atoms with Gasteiger partial charge in [0, 0.05) is 26.4 Å². The van der Waals surface area contributed by atoms with Gasteiger partial charge in [0.25, 0.3) is 0 Å².